The number of nitriles is 1. The van der Waals surface area contributed by atoms with Gasteiger partial charge >= 0.3 is 0 Å². The lowest BCUT2D eigenvalue weighted by atomic mass is 10.1. The Balaban J connectivity index is 1.48. The van der Waals surface area contributed by atoms with Crippen molar-refractivity contribution in [1.82, 2.24) is 13.6 Å². The van der Waals surface area contributed by atoms with E-state index in [-0.39, 0.29) is 0 Å². The lowest BCUT2D eigenvalue weighted by Gasteiger charge is -2.34. The Labute approximate surface area is 172 Å². The van der Waals surface area contributed by atoms with E-state index in [1.807, 2.05) is 35.0 Å². The fourth-order valence-electron chi connectivity index (χ4n) is 3.59. The summed E-state index contributed by atoms with van der Waals surface area (Å²) in [7, 11) is -3.52. The first kappa shape index (κ1) is 19.2. The summed E-state index contributed by atoms with van der Waals surface area (Å²) in [6, 6.07) is 15.0. The second kappa shape index (κ2) is 7.68. The molecule has 3 heterocycles. The van der Waals surface area contributed by atoms with Crippen molar-refractivity contribution in [2.45, 2.75) is 11.4 Å². The summed E-state index contributed by atoms with van der Waals surface area (Å²) in [6.45, 7) is 2.74. The highest BCUT2D eigenvalue weighted by Crippen LogP contribution is 2.26. The molecule has 6 nitrogen and oxygen atoms in total. The molecule has 2 aromatic heterocycles. The van der Waals surface area contributed by atoms with Gasteiger partial charge in [0.25, 0.3) is 0 Å². The minimum Gasteiger partial charge on any atom is -0.322 e. The molecule has 0 aliphatic carbocycles. The van der Waals surface area contributed by atoms with Gasteiger partial charge in [0.05, 0.1) is 16.0 Å². The molecule has 0 atom stereocenters. The van der Waals surface area contributed by atoms with Gasteiger partial charge < -0.3 is 4.40 Å². The van der Waals surface area contributed by atoms with Crippen molar-refractivity contribution in [3.05, 3.63) is 70.5 Å². The Hall–Kier alpha value is -2.18. The van der Waals surface area contributed by atoms with Crippen molar-refractivity contribution in [3.63, 3.8) is 0 Å². The van der Waals surface area contributed by atoms with Crippen LogP contribution in [0.25, 0.3) is 5.52 Å². The average Bonchev–Trinajstić information content (AvgIpc) is 3.05. The Morgan fingerprint density at radius 3 is 2.46 bits per heavy atom. The summed E-state index contributed by atoms with van der Waals surface area (Å²) < 4.78 is 29.9. The zero-order valence-electron chi connectivity index (χ0n) is 15.1. The zero-order chi connectivity index (χ0) is 19.7. The first-order valence-corrected chi connectivity index (χ1v) is 11.2. The van der Waals surface area contributed by atoms with Crippen LogP contribution in [0.1, 0.15) is 11.1 Å². The van der Waals surface area contributed by atoms with E-state index < -0.39 is 10.0 Å². The molecule has 4 rings (SSSR count). The summed E-state index contributed by atoms with van der Waals surface area (Å²) in [5, 5.41) is 9.56. The highest BCUT2D eigenvalue weighted by atomic mass is 79.9. The summed E-state index contributed by atoms with van der Waals surface area (Å²) in [5.74, 6) is 0. The maximum absolute atomic E-state index is 12.9. The molecule has 8 heteroatoms. The third-order valence-corrected chi connectivity index (χ3v) is 7.96. The molecule has 0 saturated carbocycles. The van der Waals surface area contributed by atoms with E-state index in [9.17, 15) is 13.7 Å². The van der Waals surface area contributed by atoms with Crippen molar-refractivity contribution in [2.75, 3.05) is 26.2 Å². The van der Waals surface area contributed by atoms with Gasteiger partial charge in [-0.25, -0.2) is 8.42 Å². The largest absolute Gasteiger partial charge is 0.322 e. The van der Waals surface area contributed by atoms with Crippen LogP contribution in [0, 0.1) is 11.3 Å². The lowest BCUT2D eigenvalue weighted by molar-refractivity contribution is 0.181. The van der Waals surface area contributed by atoms with E-state index >= 15 is 0 Å². The van der Waals surface area contributed by atoms with Crippen LogP contribution in [0.15, 0.2) is 64.2 Å². The fraction of sp³-hybridized carbons (Fsp3) is 0.250. The highest BCUT2D eigenvalue weighted by Gasteiger charge is 2.30. The van der Waals surface area contributed by atoms with Crippen LogP contribution in [0.5, 0.6) is 0 Å². The number of aromatic nitrogens is 1. The van der Waals surface area contributed by atoms with Crippen LogP contribution >= 0.6 is 15.9 Å². The molecule has 0 unspecified atom stereocenters. The number of pyridine rings is 1. The summed E-state index contributed by atoms with van der Waals surface area (Å²) in [4.78, 5) is 2.50. The van der Waals surface area contributed by atoms with E-state index in [0.29, 0.717) is 47.7 Å². The summed E-state index contributed by atoms with van der Waals surface area (Å²) >= 11 is 3.34. The van der Waals surface area contributed by atoms with Gasteiger partial charge in [-0.15, -0.1) is 0 Å². The zero-order valence-corrected chi connectivity index (χ0v) is 17.5. The molecule has 0 radical (unpaired) electrons. The lowest BCUT2D eigenvalue weighted by Crippen LogP contribution is -2.48. The minimum atomic E-state index is -3.52. The second-order valence-corrected chi connectivity index (χ2v) is 9.51. The fourth-order valence-corrected chi connectivity index (χ4v) is 5.97. The van der Waals surface area contributed by atoms with Crippen molar-refractivity contribution in [2.24, 2.45) is 0 Å². The van der Waals surface area contributed by atoms with Gasteiger partial charge in [-0.1, -0.05) is 18.2 Å². The third kappa shape index (κ3) is 3.47. The van der Waals surface area contributed by atoms with E-state index in [2.05, 4.69) is 26.9 Å². The third-order valence-electron chi connectivity index (χ3n) is 5.05. The van der Waals surface area contributed by atoms with E-state index in [4.69, 9.17) is 0 Å². The molecule has 0 bridgehead atoms. The normalized spacial score (nSPS) is 16.3. The predicted octanol–water partition coefficient (Wildman–Crippen LogP) is 3.08. The van der Waals surface area contributed by atoms with E-state index in [0.717, 1.165) is 11.1 Å². The van der Waals surface area contributed by atoms with Crippen molar-refractivity contribution in [3.8, 4) is 6.07 Å². The Morgan fingerprint density at radius 2 is 1.75 bits per heavy atom. The van der Waals surface area contributed by atoms with Gasteiger partial charge in [0.2, 0.25) is 10.0 Å². The SMILES string of the molecule is N#Cc1c(CN2CCN(S(=O)(=O)c3ccccc3Br)CC2)cn2ccccc12. The molecule has 28 heavy (non-hydrogen) atoms. The van der Waals surface area contributed by atoms with Crippen molar-refractivity contribution in [1.29, 1.82) is 5.26 Å². The molecule has 1 aliphatic rings. The quantitative estimate of drug-likeness (QED) is 0.602. The molecular weight excluding hydrogens is 440 g/mol. The van der Waals surface area contributed by atoms with Crippen LogP contribution in [0.3, 0.4) is 0 Å². The molecule has 0 amide bonds. The van der Waals surface area contributed by atoms with Gasteiger partial charge in [-0.2, -0.15) is 9.57 Å². The van der Waals surface area contributed by atoms with E-state index in [1.54, 1.807) is 24.3 Å². The van der Waals surface area contributed by atoms with Crippen molar-refractivity contribution >= 4 is 31.5 Å². The van der Waals surface area contributed by atoms with Crippen LogP contribution in [-0.4, -0.2) is 48.2 Å². The topological polar surface area (TPSA) is 68.8 Å². The summed E-state index contributed by atoms with van der Waals surface area (Å²) in [5.41, 5.74) is 2.55. The predicted molar refractivity (Wildman–Crippen MR) is 110 cm³/mol. The molecule has 0 spiro atoms. The average molecular weight is 459 g/mol. The molecule has 0 N–H and O–H groups in total. The number of benzene rings is 1. The molecule has 1 aromatic carbocycles. The molecule has 3 aromatic rings. The number of halogens is 1. The maximum atomic E-state index is 12.9. The standard InChI is InChI=1S/C20H19BrN4O2S/c21-18-5-1-2-7-20(18)28(26,27)25-11-9-23(10-12-25)14-16-15-24-8-4-3-6-19(24)17(16)13-22/h1-8,15H,9-12,14H2. The second-order valence-electron chi connectivity index (χ2n) is 6.74. The number of piperazine rings is 1. The van der Waals surface area contributed by atoms with Crippen LogP contribution in [0.4, 0.5) is 0 Å². The molecule has 1 aliphatic heterocycles. The van der Waals surface area contributed by atoms with Gasteiger partial charge in [-0.3, -0.25) is 4.90 Å². The molecule has 144 valence electrons. The van der Waals surface area contributed by atoms with Crippen LogP contribution in [0.2, 0.25) is 0 Å². The minimum absolute atomic E-state index is 0.300. The summed E-state index contributed by atoms with van der Waals surface area (Å²) in [6.07, 6.45) is 3.92. The highest BCUT2D eigenvalue weighted by molar-refractivity contribution is 9.10. The van der Waals surface area contributed by atoms with Crippen LogP contribution < -0.4 is 0 Å². The van der Waals surface area contributed by atoms with Crippen LogP contribution in [-0.2, 0) is 16.6 Å². The van der Waals surface area contributed by atoms with Gasteiger partial charge in [0, 0.05) is 55.2 Å². The molecule has 1 saturated heterocycles. The molecule has 1 fully saturated rings. The Morgan fingerprint density at radius 1 is 1.04 bits per heavy atom. The van der Waals surface area contributed by atoms with Gasteiger partial charge in [-0.05, 0) is 40.2 Å². The number of sulfonamides is 1. The maximum Gasteiger partial charge on any atom is 0.244 e. The monoisotopic (exact) mass is 458 g/mol. The molecular formula is C20H19BrN4O2S. The Bertz CT molecular complexity index is 1160. The first-order chi connectivity index (χ1) is 13.5. The number of fused-ring (bicyclic) bond motifs is 1. The first-order valence-electron chi connectivity index (χ1n) is 8.96. The van der Waals surface area contributed by atoms with Gasteiger partial charge in [0.15, 0.2) is 0 Å². The van der Waals surface area contributed by atoms with Gasteiger partial charge in [0.1, 0.15) is 6.07 Å². The number of hydrogen-bond acceptors (Lipinski definition) is 4. The smallest absolute Gasteiger partial charge is 0.244 e. The number of rotatable bonds is 4. The number of nitrogens with zero attached hydrogens (tertiary/aromatic N) is 4. The van der Waals surface area contributed by atoms with E-state index in [1.165, 1.54) is 4.31 Å². The van der Waals surface area contributed by atoms with Crippen molar-refractivity contribution < 1.29 is 8.42 Å². The Kier molecular flexibility index (Phi) is 5.25. The number of hydrogen-bond donors (Lipinski definition) is 0.